The Morgan fingerprint density at radius 2 is 1.81 bits per heavy atom. The Labute approximate surface area is 247 Å². The summed E-state index contributed by atoms with van der Waals surface area (Å²) in [4.78, 5) is 27.4. The van der Waals surface area contributed by atoms with E-state index in [0.29, 0.717) is 11.8 Å². The summed E-state index contributed by atoms with van der Waals surface area (Å²) in [7, 11) is 0. The molecule has 5 aliphatic rings. The predicted molar refractivity (Wildman–Crippen MR) is 159 cm³/mol. The Kier molecular flexibility index (Phi) is 8.11. The number of anilines is 1. The largest absolute Gasteiger partial charge is 0.457 e. The summed E-state index contributed by atoms with van der Waals surface area (Å²) in [5, 5.41) is 3.35. The maximum Gasteiger partial charge on any atom is 0.457 e. The molecule has 7 heteroatoms. The van der Waals surface area contributed by atoms with Gasteiger partial charge >= 0.3 is 6.18 Å². The number of piperidine rings is 1. The number of ketones is 1. The molecule has 0 amide bonds. The molecule has 1 heterocycles. The van der Waals surface area contributed by atoms with Gasteiger partial charge in [0.2, 0.25) is 0 Å². The quantitative estimate of drug-likeness (QED) is 0.251. The summed E-state index contributed by atoms with van der Waals surface area (Å²) in [6.45, 7) is 4.47. The zero-order valence-corrected chi connectivity index (χ0v) is 24.5. The first-order chi connectivity index (χ1) is 20.2. The van der Waals surface area contributed by atoms with E-state index < -0.39 is 6.18 Å². The monoisotopic (exact) mass is 578 g/mol. The number of nitrogens with zero attached hydrogens (tertiary/aromatic N) is 2. The number of nitroso groups, excluding NO2 is 1. The number of benzene rings is 1. The Morgan fingerprint density at radius 1 is 1.05 bits per heavy atom. The average Bonchev–Trinajstić information content (AvgIpc) is 3.35. The van der Waals surface area contributed by atoms with E-state index in [2.05, 4.69) is 53.3 Å². The fourth-order valence-electron chi connectivity index (χ4n) is 9.28. The van der Waals surface area contributed by atoms with E-state index in [1.54, 1.807) is 0 Å². The Bertz CT molecular complexity index is 1330. The van der Waals surface area contributed by atoms with Crippen molar-refractivity contribution in [2.75, 3.05) is 18.0 Å². The molecule has 1 saturated heterocycles. The van der Waals surface area contributed by atoms with Crippen molar-refractivity contribution in [1.29, 1.82) is 0 Å². The highest BCUT2D eigenvalue weighted by molar-refractivity contribution is 5.82. The highest BCUT2D eigenvalue weighted by atomic mass is 19.4. The third-order valence-corrected chi connectivity index (χ3v) is 11.1. The van der Waals surface area contributed by atoms with E-state index >= 15 is 0 Å². The first-order valence-corrected chi connectivity index (χ1v) is 15.9. The number of allylic oxidation sites excluding steroid dienone is 3. The van der Waals surface area contributed by atoms with Crippen molar-refractivity contribution in [2.24, 2.45) is 28.3 Å². The van der Waals surface area contributed by atoms with Crippen LogP contribution in [0.4, 0.5) is 18.9 Å². The van der Waals surface area contributed by atoms with Gasteiger partial charge in [-0.15, -0.1) is 0 Å². The van der Waals surface area contributed by atoms with Crippen LogP contribution in [0.25, 0.3) is 0 Å². The minimum atomic E-state index is -4.52. The molecule has 0 aromatic heterocycles. The molecule has 0 spiro atoms. The highest BCUT2D eigenvalue weighted by Crippen LogP contribution is 2.66. The molecular formula is C35H41F3N2O2. The van der Waals surface area contributed by atoms with Gasteiger partial charge in [0, 0.05) is 49.4 Å². The number of alkyl halides is 3. The van der Waals surface area contributed by atoms with Crippen molar-refractivity contribution < 1.29 is 18.0 Å². The molecule has 6 rings (SSSR count). The summed E-state index contributed by atoms with van der Waals surface area (Å²) in [5.41, 5.74) is 6.59. The Balaban J connectivity index is 1.33. The fraction of sp³-hybridized carbons (Fsp3) is 0.629. The van der Waals surface area contributed by atoms with Crippen LogP contribution >= 0.6 is 0 Å². The zero-order valence-electron chi connectivity index (χ0n) is 24.5. The molecule has 1 unspecified atom stereocenters. The summed E-state index contributed by atoms with van der Waals surface area (Å²) in [5.74, 6) is 4.35. The fourth-order valence-corrected chi connectivity index (χ4v) is 9.28. The van der Waals surface area contributed by atoms with E-state index in [4.69, 9.17) is 0 Å². The first-order valence-electron chi connectivity index (χ1n) is 15.9. The summed E-state index contributed by atoms with van der Waals surface area (Å²) >= 11 is 0. The van der Waals surface area contributed by atoms with Crippen LogP contribution in [0.15, 0.2) is 52.2 Å². The lowest BCUT2D eigenvalue weighted by atomic mass is 9.51. The van der Waals surface area contributed by atoms with Crippen molar-refractivity contribution in [3.05, 3.63) is 57.5 Å². The lowest BCUT2D eigenvalue weighted by Gasteiger charge is -2.52. The van der Waals surface area contributed by atoms with Crippen molar-refractivity contribution in [3.63, 3.8) is 0 Å². The lowest BCUT2D eigenvalue weighted by molar-refractivity contribution is -0.127. The molecule has 1 aliphatic heterocycles. The molecule has 224 valence electrons. The van der Waals surface area contributed by atoms with Crippen molar-refractivity contribution in [3.8, 4) is 11.8 Å². The molecular weight excluding hydrogens is 537 g/mol. The summed E-state index contributed by atoms with van der Waals surface area (Å²) in [6, 6.07) is 8.86. The van der Waals surface area contributed by atoms with Crippen molar-refractivity contribution in [1.82, 2.24) is 0 Å². The maximum atomic E-state index is 13.5. The Morgan fingerprint density at radius 3 is 2.52 bits per heavy atom. The molecule has 0 bridgehead atoms. The van der Waals surface area contributed by atoms with Crippen molar-refractivity contribution >= 4 is 11.5 Å². The van der Waals surface area contributed by atoms with Gasteiger partial charge in [0.1, 0.15) is 11.8 Å². The summed E-state index contributed by atoms with van der Waals surface area (Å²) in [6.07, 6.45) is 7.57. The molecule has 4 nitrogen and oxygen atoms in total. The van der Waals surface area contributed by atoms with E-state index in [1.807, 2.05) is 0 Å². The van der Waals surface area contributed by atoms with Gasteiger partial charge in [-0.25, -0.2) is 0 Å². The minimum Gasteiger partial charge on any atom is -0.372 e. The number of halogens is 3. The number of Topliss-reactive ketones (excluding diaryl/α,β-unsaturated/α-hetero) is 1. The second-order valence-electron chi connectivity index (χ2n) is 13.4. The van der Waals surface area contributed by atoms with E-state index in [9.17, 15) is 22.9 Å². The number of carbonyl (C=O) groups is 1. The average molecular weight is 579 g/mol. The molecule has 2 saturated carbocycles. The van der Waals surface area contributed by atoms with Crippen LogP contribution in [0.3, 0.4) is 0 Å². The molecule has 3 fully saturated rings. The standard InChI is InChI=1S/C35H41F3N2O2/c1-34-22-29(23-8-12-26(13-9-23)40-19-5-2-6-20-40)33-27-15-11-25(39-42)21-24(27)10-14-28(33)30(34)16-17-31(34)32(41)7-3-4-18-35(36,37)38/h8-9,12-13,21,25,28-31H,2-3,5-7,10-11,14-17,19-20,22H2,1H3/t25?,28-,29+,30-,31+,34-/m0/s1. The number of fused-ring (bicyclic) bond motifs is 4. The molecule has 42 heavy (non-hydrogen) atoms. The van der Waals surface area contributed by atoms with Gasteiger partial charge in [0.05, 0.1) is 0 Å². The maximum absolute atomic E-state index is 13.5. The number of carbonyl (C=O) groups excluding carboxylic acids is 1. The third kappa shape index (κ3) is 5.58. The summed E-state index contributed by atoms with van der Waals surface area (Å²) < 4.78 is 37.6. The molecule has 1 aromatic carbocycles. The van der Waals surface area contributed by atoms with Gasteiger partial charge in [-0.3, -0.25) is 4.79 Å². The Hall–Kier alpha value is -2.88. The van der Waals surface area contributed by atoms with Gasteiger partial charge in [-0.2, -0.15) is 18.1 Å². The van der Waals surface area contributed by atoms with E-state index in [0.717, 1.165) is 58.0 Å². The predicted octanol–water partition coefficient (Wildman–Crippen LogP) is 8.67. The van der Waals surface area contributed by atoms with Gasteiger partial charge in [-0.05, 0) is 110 Å². The second kappa shape index (κ2) is 11.7. The van der Waals surface area contributed by atoms with Gasteiger partial charge < -0.3 is 4.90 Å². The van der Waals surface area contributed by atoms with Crippen LogP contribution in [0.5, 0.6) is 0 Å². The van der Waals surface area contributed by atoms with E-state index in [-0.39, 0.29) is 41.9 Å². The number of rotatable bonds is 6. The van der Waals surface area contributed by atoms with Crippen LogP contribution in [0.1, 0.15) is 95.5 Å². The van der Waals surface area contributed by atoms with Crippen LogP contribution < -0.4 is 4.90 Å². The highest BCUT2D eigenvalue weighted by Gasteiger charge is 2.58. The SMILES string of the molecule is C[C@]12C[C@H](c3ccc(N4CCCCC4)cc3)C3=C4CCC(N=O)C=C4CC[C@H]3[C@@H]1CC[C@@H]2C(=O)CCC#CC(F)(F)F. The van der Waals surface area contributed by atoms with Crippen LogP contribution in [-0.4, -0.2) is 31.1 Å². The smallest absolute Gasteiger partial charge is 0.372 e. The number of hydrogen-bond acceptors (Lipinski definition) is 4. The third-order valence-electron chi connectivity index (χ3n) is 11.1. The zero-order chi connectivity index (χ0) is 29.5. The van der Waals surface area contributed by atoms with Gasteiger partial charge in [-0.1, -0.05) is 41.8 Å². The van der Waals surface area contributed by atoms with Crippen LogP contribution in [0.2, 0.25) is 0 Å². The van der Waals surface area contributed by atoms with Gasteiger partial charge in [0.25, 0.3) is 0 Å². The van der Waals surface area contributed by atoms with Gasteiger partial charge in [0.15, 0.2) is 0 Å². The van der Waals surface area contributed by atoms with Crippen molar-refractivity contribution in [2.45, 2.75) is 102 Å². The topological polar surface area (TPSA) is 49.7 Å². The molecule has 0 radical (unpaired) electrons. The first kappa shape index (κ1) is 29.2. The molecule has 6 atom stereocenters. The minimum absolute atomic E-state index is 0.0458. The lowest BCUT2D eigenvalue weighted by Crippen LogP contribution is -2.45. The molecule has 0 N–H and O–H groups in total. The molecule has 1 aromatic rings. The number of hydrogen-bond donors (Lipinski definition) is 0. The molecule has 4 aliphatic carbocycles. The van der Waals surface area contributed by atoms with Crippen LogP contribution in [-0.2, 0) is 4.79 Å². The van der Waals surface area contributed by atoms with E-state index in [1.165, 1.54) is 53.2 Å². The van der Waals surface area contributed by atoms with Crippen LogP contribution in [0, 0.1) is 39.9 Å². The normalized spacial score (nSPS) is 32.6. The second-order valence-corrected chi connectivity index (χ2v) is 13.4.